The van der Waals surface area contributed by atoms with E-state index in [1.54, 1.807) is 19.1 Å². The first-order chi connectivity index (χ1) is 9.02. The molecule has 7 heteroatoms. The first kappa shape index (κ1) is 13.9. The minimum Gasteiger partial charge on any atom is -0.336 e. The second kappa shape index (κ2) is 5.63. The summed E-state index contributed by atoms with van der Waals surface area (Å²) < 4.78 is 14.2. The lowest BCUT2D eigenvalue weighted by molar-refractivity contribution is 0.112. The third-order valence-electron chi connectivity index (χ3n) is 2.33. The molecule has 0 radical (unpaired) electrons. The number of para-hydroxylation sites is 1. The number of carbonyl (C=O) groups excluding carboxylic acids is 1. The van der Waals surface area contributed by atoms with E-state index in [-0.39, 0.29) is 22.2 Å². The van der Waals surface area contributed by atoms with Crippen LogP contribution < -0.4 is 5.32 Å². The average Bonchev–Trinajstić information content (AvgIpc) is 2.33. The van der Waals surface area contributed by atoms with Crippen LogP contribution in [0.15, 0.2) is 22.7 Å². The lowest BCUT2D eigenvalue weighted by Crippen LogP contribution is -2.05. The van der Waals surface area contributed by atoms with Crippen LogP contribution in [0.1, 0.15) is 16.2 Å². The summed E-state index contributed by atoms with van der Waals surface area (Å²) in [5.74, 6) is 0.0717. The molecule has 2 rings (SSSR count). The maximum atomic E-state index is 13.7. The molecule has 2 aromatic rings. The number of aldehydes is 1. The lowest BCUT2D eigenvalue weighted by atomic mass is 10.2. The van der Waals surface area contributed by atoms with Gasteiger partial charge in [-0.05, 0) is 35.0 Å². The van der Waals surface area contributed by atoms with Crippen LogP contribution in [0, 0.1) is 12.7 Å². The van der Waals surface area contributed by atoms with Crippen molar-refractivity contribution in [1.82, 2.24) is 9.97 Å². The summed E-state index contributed by atoms with van der Waals surface area (Å²) in [4.78, 5) is 18.9. The minimum atomic E-state index is -0.474. The normalized spacial score (nSPS) is 10.3. The van der Waals surface area contributed by atoms with E-state index < -0.39 is 5.82 Å². The fourth-order valence-corrected chi connectivity index (χ4v) is 2.18. The van der Waals surface area contributed by atoms with Gasteiger partial charge in [0.25, 0.3) is 0 Å². The van der Waals surface area contributed by atoms with Crippen LogP contribution >= 0.6 is 27.5 Å². The van der Waals surface area contributed by atoms with Gasteiger partial charge >= 0.3 is 0 Å². The molecule has 4 nitrogen and oxygen atoms in total. The van der Waals surface area contributed by atoms with Crippen molar-refractivity contribution < 1.29 is 9.18 Å². The average molecular weight is 345 g/mol. The second-order valence-electron chi connectivity index (χ2n) is 3.66. The third kappa shape index (κ3) is 2.90. The Kier molecular flexibility index (Phi) is 4.11. The van der Waals surface area contributed by atoms with Gasteiger partial charge in [-0.1, -0.05) is 17.7 Å². The zero-order valence-corrected chi connectivity index (χ0v) is 12.1. The van der Waals surface area contributed by atoms with E-state index in [1.165, 1.54) is 6.07 Å². The van der Waals surface area contributed by atoms with Crippen molar-refractivity contribution in [2.24, 2.45) is 0 Å². The molecular formula is C12H8BrClFN3O. The lowest BCUT2D eigenvalue weighted by Gasteiger charge is -2.11. The molecule has 0 fully saturated rings. The van der Waals surface area contributed by atoms with Gasteiger partial charge in [-0.3, -0.25) is 4.79 Å². The zero-order chi connectivity index (χ0) is 14.0. The highest BCUT2D eigenvalue weighted by atomic mass is 79.9. The molecule has 1 N–H and O–H groups in total. The first-order valence-corrected chi connectivity index (χ1v) is 6.40. The van der Waals surface area contributed by atoms with Gasteiger partial charge < -0.3 is 5.32 Å². The van der Waals surface area contributed by atoms with Gasteiger partial charge in [0.15, 0.2) is 6.29 Å². The number of hydrogen-bond acceptors (Lipinski definition) is 4. The molecule has 19 heavy (non-hydrogen) atoms. The van der Waals surface area contributed by atoms with Crippen LogP contribution in [0.3, 0.4) is 0 Å². The van der Waals surface area contributed by atoms with Crippen LogP contribution in [0.4, 0.5) is 15.9 Å². The smallest absolute Gasteiger partial charge is 0.156 e. The van der Waals surface area contributed by atoms with Crippen molar-refractivity contribution in [2.75, 3.05) is 5.32 Å². The van der Waals surface area contributed by atoms with Crippen LogP contribution in [-0.2, 0) is 0 Å². The maximum Gasteiger partial charge on any atom is 0.156 e. The van der Waals surface area contributed by atoms with Gasteiger partial charge in [0.1, 0.15) is 22.6 Å². The number of aromatic nitrogens is 2. The van der Waals surface area contributed by atoms with Crippen LogP contribution in [-0.4, -0.2) is 16.3 Å². The van der Waals surface area contributed by atoms with Gasteiger partial charge in [-0.2, -0.15) is 0 Å². The molecule has 1 heterocycles. The van der Waals surface area contributed by atoms with E-state index >= 15 is 0 Å². The number of hydrogen-bond donors (Lipinski definition) is 1. The number of nitrogens with zero attached hydrogens (tertiary/aromatic N) is 2. The Labute approximate surface area is 122 Å². The molecule has 1 aromatic carbocycles. The zero-order valence-electron chi connectivity index (χ0n) is 9.75. The Morgan fingerprint density at radius 2 is 2.16 bits per heavy atom. The van der Waals surface area contributed by atoms with Crippen molar-refractivity contribution in [3.05, 3.63) is 45.0 Å². The number of aryl methyl sites for hydroxylation is 1. The SMILES string of the molecule is Cc1nc(Cl)c(C=O)c(Nc2c(F)cccc2Br)n1. The molecule has 0 aliphatic heterocycles. The van der Waals surface area contributed by atoms with Crippen molar-refractivity contribution in [2.45, 2.75) is 6.92 Å². The summed E-state index contributed by atoms with van der Waals surface area (Å²) >= 11 is 9.07. The van der Waals surface area contributed by atoms with Crippen molar-refractivity contribution in [3.63, 3.8) is 0 Å². The van der Waals surface area contributed by atoms with E-state index in [4.69, 9.17) is 11.6 Å². The monoisotopic (exact) mass is 343 g/mol. The van der Waals surface area contributed by atoms with Crippen LogP contribution in [0.2, 0.25) is 5.15 Å². The molecule has 0 spiro atoms. The summed E-state index contributed by atoms with van der Waals surface area (Å²) in [7, 11) is 0. The molecule has 0 amide bonds. The highest BCUT2D eigenvalue weighted by Crippen LogP contribution is 2.30. The van der Waals surface area contributed by atoms with Crippen molar-refractivity contribution >= 4 is 45.3 Å². The van der Waals surface area contributed by atoms with Gasteiger partial charge in [-0.15, -0.1) is 0 Å². The Balaban J connectivity index is 2.52. The quantitative estimate of drug-likeness (QED) is 0.678. The summed E-state index contributed by atoms with van der Waals surface area (Å²) in [5.41, 5.74) is 0.266. The van der Waals surface area contributed by atoms with Gasteiger partial charge in [-0.25, -0.2) is 14.4 Å². The van der Waals surface area contributed by atoms with E-state index in [2.05, 4.69) is 31.2 Å². The maximum absolute atomic E-state index is 13.7. The molecule has 98 valence electrons. The molecule has 0 saturated carbocycles. The summed E-state index contributed by atoms with van der Waals surface area (Å²) in [5, 5.41) is 2.78. The predicted octanol–water partition coefficient (Wildman–Crippen LogP) is 3.90. The highest BCUT2D eigenvalue weighted by molar-refractivity contribution is 9.10. The number of halogens is 3. The van der Waals surface area contributed by atoms with Crippen LogP contribution in [0.5, 0.6) is 0 Å². The Bertz CT molecular complexity index is 631. The Hall–Kier alpha value is -1.53. The third-order valence-corrected chi connectivity index (χ3v) is 3.28. The fraction of sp³-hybridized carbons (Fsp3) is 0.0833. The second-order valence-corrected chi connectivity index (χ2v) is 4.88. The number of carbonyl (C=O) groups is 1. The van der Waals surface area contributed by atoms with Gasteiger partial charge in [0.2, 0.25) is 0 Å². The number of rotatable bonds is 3. The number of anilines is 2. The Morgan fingerprint density at radius 1 is 1.42 bits per heavy atom. The summed E-state index contributed by atoms with van der Waals surface area (Å²) in [6, 6.07) is 4.52. The largest absolute Gasteiger partial charge is 0.336 e. The molecule has 0 aliphatic carbocycles. The van der Waals surface area contributed by atoms with E-state index in [0.29, 0.717) is 16.6 Å². The van der Waals surface area contributed by atoms with E-state index in [1.807, 2.05) is 0 Å². The number of benzene rings is 1. The number of nitrogens with one attached hydrogen (secondary N) is 1. The summed E-state index contributed by atoms with van der Waals surface area (Å²) in [6.07, 6.45) is 0.527. The molecule has 0 atom stereocenters. The van der Waals surface area contributed by atoms with Crippen molar-refractivity contribution in [1.29, 1.82) is 0 Å². The molecule has 0 aliphatic rings. The van der Waals surface area contributed by atoms with Gasteiger partial charge in [0, 0.05) is 4.47 Å². The molecular weight excluding hydrogens is 337 g/mol. The highest BCUT2D eigenvalue weighted by Gasteiger charge is 2.14. The fourth-order valence-electron chi connectivity index (χ4n) is 1.48. The van der Waals surface area contributed by atoms with Gasteiger partial charge in [0.05, 0.1) is 11.3 Å². The first-order valence-electron chi connectivity index (χ1n) is 5.23. The molecule has 0 saturated heterocycles. The minimum absolute atomic E-state index is 0.0254. The Morgan fingerprint density at radius 3 is 2.79 bits per heavy atom. The molecule has 0 unspecified atom stereocenters. The van der Waals surface area contributed by atoms with Crippen LogP contribution in [0.25, 0.3) is 0 Å². The predicted molar refractivity (Wildman–Crippen MR) is 74.5 cm³/mol. The van der Waals surface area contributed by atoms with E-state index in [0.717, 1.165) is 0 Å². The van der Waals surface area contributed by atoms with E-state index in [9.17, 15) is 9.18 Å². The molecule has 0 bridgehead atoms. The molecule has 1 aromatic heterocycles. The summed E-state index contributed by atoms with van der Waals surface area (Å²) in [6.45, 7) is 1.63. The van der Waals surface area contributed by atoms with Crippen molar-refractivity contribution in [3.8, 4) is 0 Å². The standard InChI is InChI=1S/C12H8BrClFN3O/c1-6-16-11(14)7(5-19)12(17-6)18-10-8(13)3-2-4-9(10)15/h2-5H,1H3,(H,16,17,18). The topological polar surface area (TPSA) is 54.9 Å².